The van der Waals surface area contributed by atoms with Crippen LogP contribution in [0.4, 0.5) is 5.69 Å². The van der Waals surface area contributed by atoms with E-state index in [4.69, 9.17) is 0 Å². The quantitative estimate of drug-likeness (QED) is 0.311. The van der Waals surface area contributed by atoms with Crippen molar-refractivity contribution in [1.82, 2.24) is 0 Å². The molecule has 1 aliphatic carbocycles. The Labute approximate surface area is 149 Å². The molecule has 0 bridgehead atoms. The van der Waals surface area contributed by atoms with Gasteiger partial charge >= 0.3 is 0 Å². The van der Waals surface area contributed by atoms with Crippen molar-refractivity contribution in [2.45, 2.75) is 4.90 Å². The second-order valence-electron chi connectivity index (χ2n) is 4.94. The van der Waals surface area contributed by atoms with E-state index >= 15 is 0 Å². The van der Waals surface area contributed by atoms with Gasteiger partial charge in [0, 0.05) is 27.1 Å². The van der Waals surface area contributed by atoms with E-state index in [1.54, 1.807) is 18.2 Å². The van der Waals surface area contributed by atoms with Gasteiger partial charge in [0.15, 0.2) is 11.6 Å². The summed E-state index contributed by atoms with van der Waals surface area (Å²) in [7, 11) is 0. The minimum Gasteiger partial charge on any atom is -0.507 e. The van der Waals surface area contributed by atoms with Crippen LogP contribution in [0.15, 0.2) is 40.2 Å². The van der Waals surface area contributed by atoms with E-state index in [-0.39, 0.29) is 33.7 Å². The molecule has 0 radical (unpaired) electrons. The third-order valence-electron chi connectivity index (χ3n) is 3.61. The number of hydrogen-bond acceptors (Lipinski definition) is 6. The van der Waals surface area contributed by atoms with E-state index in [0.717, 1.165) is 0 Å². The third kappa shape index (κ3) is 2.60. The number of alkyl halides is 1. The summed E-state index contributed by atoms with van der Waals surface area (Å²) in [6.45, 7) is 0. The molecule has 7 heteroatoms. The predicted molar refractivity (Wildman–Crippen MR) is 93.7 cm³/mol. The Kier molecular flexibility index (Phi) is 4.66. The van der Waals surface area contributed by atoms with Crippen LogP contribution >= 0.6 is 27.7 Å². The van der Waals surface area contributed by atoms with E-state index in [0.29, 0.717) is 16.0 Å². The summed E-state index contributed by atoms with van der Waals surface area (Å²) >= 11 is 4.61. The van der Waals surface area contributed by atoms with E-state index in [1.165, 1.54) is 30.0 Å². The Morgan fingerprint density at radius 2 is 1.75 bits per heavy atom. The molecule has 0 fully saturated rings. The number of benzene rings is 2. The molecule has 3 rings (SSSR count). The maximum atomic E-state index is 12.9. The first-order valence-electron chi connectivity index (χ1n) is 6.95. The van der Waals surface area contributed by atoms with Gasteiger partial charge < -0.3 is 5.11 Å². The van der Waals surface area contributed by atoms with Gasteiger partial charge in [0.2, 0.25) is 6.08 Å². The Hall–Kier alpha value is -2.21. The first-order valence-corrected chi connectivity index (χ1v) is 9.06. The number of carbonyl (C=O) groups is 2. The Bertz CT molecular complexity index is 919. The molecular weight excluding hydrogens is 394 g/mol. The van der Waals surface area contributed by atoms with Crippen molar-refractivity contribution in [3.05, 3.63) is 52.6 Å². The first kappa shape index (κ1) is 16.6. The van der Waals surface area contributed by atoms with Crippen molar-refractivity contribution in [2.24, 2.45) is 4.99 Å². The fourth-order valence-electron chi connectivity index (χ4n) is 2.65. The molecule has 1 aliphatic rings. The SMILES string of the molecule is O=C=Nc1c(SCCBr)cc(O)c2c1C(=O)c1ccccc1C2=O. The number of rotatable bonds is 4. The number of fused-ring (bicyclic) bond motifs is 2. The molecule has 24 heavy (non-hydrogen) atoms. The van der Waals surface area contributed by atoms with Crippen molar-refractivity contribution in [2.75, 3.05) is 11.1 Å². The van der Waals surface area contributed by atoms with Gasteiger partial charge in [0.1, 0.15) is 11.4 Å². The second-order valence-corrected chi connectivity index (χ2v) is 6.87. The molecule has 0 atom stereocenters. The van der Waals surface area contributed by atoms with Crippen molar-refractivity contribution >= 4 is 51.0 Å². The normalized spacial score (nSPS) is 12.4. The molecule has 0 unspecified atom stereocenters. The summed E-state index contributed by atoms with van der Waals surface area (Å²) in [5.41, 5.74) is 0.387. The standard InChI is InChI=1S/C17H10BrNO4S/c18-5-6-24-12-7-11(21)13-14(15(12)19-8-20)17(23)10-4-2-1-3-9(10)16(13)22/h1-4,7,21H,5-6H2. The molecule has 0 amide bonds. The lowest BCUT2D eigenvalue weighted by molar-refractivity contribution is 0.0977. The number of thioether (sulfide) groups is 1. The predicted octanol–water partition coefficient (Wildman–Crippen LogP) is 3.62. The number of aromatic hydroxyl groups is 1. The highest BCUT2D eigenvalue weighted by atomic mass is 79.9. The monoisotopic (exact) mass is 403 g/mol. The van der Waals surface area contributed by atoms with Crippen LogP contribution in [0, 0.1) is 0 Å². The summed E-state index contributed by atoms with van der Waals surface area (Å²) in [5.74, 6) is -0.555. The average molecular weight is 404 g/mol. The third-order valence-corrected chi connectivity index (χ3v) is 5.56. The zero-order chi connectivity index (χ0) is 17.3. The molecule has 0 spiro atoms. The number of nitrogens with zero attached hydrogens (tertiary/aromatic N) is 1. The van der Waals surface area contributed by atoms with Crippen LogP contribution in [0.3, 0.4) is 0 Å². The highest BCUT2D eigenvalue weighted by Gasteiger charge is 2.35. The number of hydrogen-bond donors (Lipinski definition) is 1. The van der Waals surface area contributed by atoms with Crippen molar-refractivity contribution in [3.8, 4) is 5.75 Å². The fourth-order valence-corrected chi connectivity index (χ4v) is 3.91. The number of phenolic OH excluding ortho intramolecular Hbond substituents is 1. The highest BCUT2D eigenvalue weighted by Crippen LogP contribution is 2.43. The molecule has 0 saturated heterocycles. The highest BCUT2D eigenvalue weighted by molar-refractivity contribution is 9.09. The van der Waals surface area contributed by atoms with Gasteiger partial charge in [-0.25, -0.2) is 4.79 Å². The van der Waals surface area contributed by atoms with Crippen LogP contribution in [0.5, 0.6) is 5.75 Å². The maximum Gasteiger partial charge on any atom is 0.240 e. The molecule has 2 aromatic carbocycles. The Morgan fingerprint density at radius 3 is 2.33 bits per heavy atom. The van der Waals surface area contributed by atoms with E-state index in [2.05, 4.69) is 20.9 Å². The number of aliphatic imine (C=N–C) groups is 1. The molecule has 0 aliphatic heterocycles. The lowest BCUT2D eigenvalue weighted by atomic mass is 9.83. The van der Waals surface area contributed by atoms with E-state index < -0.39 is 11.6 Å². The Morgan fingerprint density at radius 1 is 1.12 bits per heavy atom. The van der Waals surface area contributed by atoms with Gasteiger partial charge in [-0.1, -0.05) is 40.2 Å². The number of isocyanates is 1. The molecule has 2 aromatic rings. The van der Waals surface area contributed by atoms with Gasteiger partial charge in [-0.15, -0.1) is 11.8 Å². The summed E-state index contributed by atoms with van der Waals surface area (Å²) in [4.78, 5) is 40.5. The van der Waals surface area contributed by atoms with Crippen LogP contribution < -0.4 is 0 Å². The molecular formula is C17H10BrNO4S. The van der Waals surface area contributed by atoms with Crippen molar-refractivity contribution < 1.29 is 19.5 Å². The number of phenols is 1. The zero-order valence-electron chi connectivity index (χ0n) is 12.2. The minimum atomic E-state index is -0.461. The van der Waals surface area contributed by atoms with Crippen molar-refractivity contribution in [3.63, 3.8) is 0 Å². The summed E-state index contributed by atoms with van der Waals surface area (Å²) in [6, 6.07) is 7.75. The summed E-state index contributed by atoms with van der Waals surface area (Å²) < 4.78 is 0. The summed E-state index contributed by atoms with van der Waals surface area (Å²) in [6.07, 6.45) is 1.43. The molecule has 5 nitrogen and oxygen atoms in total. The number of halogens is 1. The van der Waals surface area contributed by atoms with Crippen LogP contribution in [0.1, 0.15) is 31.8 Å². The maximum absolute atomic E-state index is 12.9. The van der Waals surface area contributed by atoms with E-state index in [1.807, 2.05) is 0 Å². The molecule has 0 saturated carbocycles. The van der Waals surface area contributed by atoms with Gasteiger partial charge in [-0.05, 0) is 6.07 Å². The first-order chi connectivity index (χ1) is 11.6. The van der Waals surface area contributed by atoms with Crippen LogP contribution in [-0.4, -0.2) is 33.8 Å². The topological polar surface area (TPSA) is 83.8 Å². The summed E-state index contributed by atoms with van der Waals surface area (Å²) in [5, 5.41) is 11.0. The number of ketones is 2. The van der Waals surface area contributed by atoms with Crippen LogP contribution in [0.2, 0.25) is 0 Å². The van der Waals surface area contributed by atoms with Gasteiger partial charge in [-0.2, -0.15) is 4.99 Å². The van der Waals surface area contributed by atoms with Gasteiger partial charge in [-0.3, -0.25) is 9.59 Å². The molecule has 0 aromatic heterocycles. The minimum absolute atomic E-state index is 0.0425. The smallest absolute Gasteiger partial charge is 0.240 e. The zero-order valence-corrected chi connectivity index (χ0v) is 14.6. The molecule has 120 valence electrons. The lowest BCUT2D eigenvalue weighted by Crippen LogP contribution is -2.21. The van der Waals surface area contributed by atoms with Crippen molar-refractivity contribution in [1.29, 1.82) is 0 Å². The van der Waals surface area contributed by atoms with Crippen LogP contribution in [-0.2, 0) is 4.79 Å². The van der Waals surface area contributed by atoms with Crippen LogP contribution in [0.25, 0.3) is 0 Å². The fraction of sp³-hybridized carbons (Fsp3) is 0.118. The average Bonchev–Trinajstić information content (AvgIpc) is 2.59. The largest absolute Gasteiger partial charge is 0.507 e. The Balaban J connectivity index is 2.33. The molecule has 1 N–H and O–H groups in total. The lowest BCUT2D eigenvalue weighted by Gasteiger charge is -2.21. The molecule has 0 heterocycles. The second kappa shape index (κ2) is 6.73. The van der Waals surface area contributed by atoms with Gasteiger partial charge in [0.25, 0.3) is 0 Å². The van der Waals surface area contributed by atoms with Gasteiger partial charge in [0.05, 0.1) is 11.1 Å². The number of carbonyl (C=O) groups excluding carboxylic acids is 3. The van der Waals surface area contributed by atoms with E-state index in [9.17, 15) is 19.5 Å².